The second kappa shape index (κ2) is 8.48. The van der Waals surface area contributed by atoms with Crippen molar-refractivity contribution in [1.82, 2.24) is 5.32 Å². The molecule has 1 amide bonds. The van der Waals surface area contributed by atoms with Gasteiger partial charge in [-0.1, -0.05) is 13.8 Å². The van der Waals surface area contributed by atoms with Crippen LogP contribution in [0.2, 0.25) is 0 Å². The number of amides is 1. The fraction of sp³-hybridized carbons (Fsp3) is 0.923. The number of aliphatic hydroxyl groups is 1. The van der Waals surface area contributed by atoms with Gasteiger partial charge in [-0.3, -0.25) is 4.79 Å². The van der Waals surface area contributed by atoms with Gasteiger partial charge in [-0.05, 0) is 44.6 Å². The fourth-order valence-electron chi connectivity index (χ4n) is 1.78. The van der Waals surface area contributed by atoms with Crippen molar-refractivity contribution in [2.24, 2.45) is 11.1 Å². The van der Waals surface area contributed by atoms with Crippen LogP contribution in [0.15, 0.2) is 0 Å². The molecule has 17 heavy (non-hydrogen) atoms. The normalized spacial score (nSPS) is 13.5. The lowest BCUT2D eigenvalue weighted by Gasteiger charge is -2.23. The summed E-state index contributed by atoms with van der Waals surface area (Å²) in [6.07, 6.45) is 3.92. The molecule has 0 aliphatic heterocycles. The molecule has 102 valence electrons. The van der Waals surface area contributed by atoms with Crippen LogP contribution in [-0.4, -0.2) is 30.2 Å². The summed E-state index contributed by atoms with van der Waals surface area (Å²) in [6, 6.07) is 0.146. The van der Waals surface area contributed by atoms with E-state index in [9.17, 15) is 4.79 Å². The molecule has 0 aliphatic rings. The summed E-state index contributed by atoms with van der Waals surface area (Å²) >= 11 is 0. The van der Waals surface area contributed by atoms with Crippen LogP contribution in [0, 0.1) is 5.41 Å². The van der Waals surface area contributed by atoms with Crippen LogP contribution in [-0.2, 0) is 4.79 Å². The SMILES string of the molecule is CC(CCCO)NC(=O)CCC(C)(C)CCN. The molecule has 1 atom stereocenters. The first-order valence-corrected chi connectivity index (χ1v) is 6.51. The van der Waals surface area contributed by atoms with Crippen LogP contribution in [0.3, 0.4) is 0 Å². The second-order valence-electron chi connectivity index (χ2n) is 5.54. The van der Waals surface area contributed by atoms with Crippen LogP contribution in [0.1, 0.15) is 52.9 Å². The van der Waals surface area contributed by atoms with E-state index in [1.54, 1.807) is 0 Å². The van der Waals surface area contributed by atoms with Gasteiger partial charge in [0.15, 0.2) is 0 Å². The Balaban J connectivity index is 3.79. The van der Waals surface area contributed by atoms with Gasteiger partial charge in [0.25, 0.3) is 0 Å². The van der Waals surface area contributed by atoms with Crippen molar-refractivity contribution in [3.63, 3.8) is 0 Å². The highest BCUT2D eigenvalue weighted by atomic mass is 16.2. The van der Waals surface area contributed by atoms with Gasteiger partial charge in [0.05, 0.1) is 0 Å². The van der Waals surface area contributed by atoms with Gasteiger partial charge < -0.3 is 16.2 Å². The van der Waals surface area contributed by atoms with Crippen molar-refractivity contribution in [1.29, 1.82) is 0 Å². The maximum atomic E-state index is 11.7. The van der Waals surface area contributed by atoms with Gasteiger partial charge in [0, 0.05) is 19.1 Å². The molecule has 4 heteroatoms. The van der Waals surface area contributed by atoms with E-state index in [1.165, 1.54) is 0 Å². The zero-order valence-corrected chi connectivity index (χ0v) is 11.5. The molecule has 4 N–H and O–H groups in total. The van der Waals surface area contributed by atoms with Crippen molar-refractivity contribution < 1.29 is 9.90 Å². The summed E-state index contributed by atoms with van der Waals surface area (Å²) < 4.78 is 0. The predicted octanol–water partition coefficient (Wildman–Crippen LogP) is 1.42. The molecule has 0 heterocycles. The Kier molecular flexibility index (Phi) is 8.17. The van der Waals surface area contributed by atoms with Gasteiger partial charge in [0.2, 0.25) is 5.91 Å². The van der Waals surface area contributed by atoms with Gasteiger partial charge >= 0.3 is 0 Å². The van der Waals surface area contributed by atoms with Crippen LogP contribution in [0.25, 0.3) is 0 Å². The Bertz CT molecular complexity index is 217. The van der Waals surface area contributed by atoms with E-state index >= 15 is 0 Å². The standard InChI is InChI=1S/C13H28N2O2/c1-11(5-4-10-16)15-12(17)6-7-13(2,3)8-9-14/h11,16H,4-10,14H2,1-3H3,(H,15,17). The smallest absolute Gasteiger partial charge is 0.220 e. The molecule has 0 aromatic carbocycles. The van der Waals surface area contributed by atoms with Crippen molar-refractivity contribution >= 4 is 5.91 Å². The highest BCUT2D eigenvalue weighted by Gasteiger charge is 2.18. The van der Waals surface area contributed by atoms with Gasteiger partial charge in [0.1, 0.15) is 0 Å². The first-order chi connectivity index (χ1) is 7.91. The number of carbonyl (C=O) groups excluding carboxylic acids is 1. The Labute approximate surface area is 105 Å². The average Bonchev–Trinajstić information content (AvgIpc) is 2.24. The Hall–Kier alpha value is -0.610. The van der Waals surface area contributed by atoms with E-state index in [0.717, 1.165) is 25.7 Å². The second-order valence-corrected chi connectivity index (χ2v) is 5.54. The number of hydrogen-bond donors (Lipinski definition) is 3. The van der Waals surface area contributed by atoms with Gasteiger partial charge in [-0.25, -0.2) is 0 Å². The van der Waals surface area contributed by atoms with E-state index in [1.807, 2.05) is 6.92 Å². The predicted molar refractivity (Wildman–Crippen MR) is 70.6 cm³/mol. The molecule has 0 rings (SSSR count). The molecule has 0 saturated carbocycles. The molecule has 0 saturated heterocycles. The molecular formula is C13H28N2O2. The van der Waals surface area contributed by atoms with Gasteiger partial charge in [-0.2, -0.15) is 0 Å². The number of nitrogens with two attached hydrogens (primary N) is 1. The van der Waals surface area contributed by atoms with E-state index in [2.05, 4.69) is 19.2 Å². The van der Waals surface area contributed by atoms with E-state index in [0.29, 0.717) is 13.0 Å². The summed E-state index contributed by atoms with van der Waals surface area (Å²) in [6.45, 7) is 7.11. The van der Waals surface area contributed by atoms with Crippen molar-refractivity contribution in [3.05, 3.63) is 0 Å². The van der Waals surface area contributed by atoms with E-state index in [4.69, 9.17) is 10.8 Å². The Morgan fingerprint density at radius 2 is 2.06 bits per heavy atom. The van der Waals surface area contributed by atoms with Crippen LogP contribution in [0.4, 0.5) is 0 Å². The molecule has 0 aromatic heterocycles. The van der Waals surface area contributed by atoms with Crippen LogP contribution in [0.5, 0.6) is 0 Å². The zero-order chi connectivity index (χ0) is 13.3. The van der Waals surface area contributed by atoms with Crippen molar-refractivity contribution in [2.75, 3.05) is 13.2 Å². The van der Waals surface area contributed by atoms with Crippen LogP contribution >= 0.6 is 0 Å². The van der Waals surface area contributed by atoms with Crippen LogP contribution < -0.4 is 11.1 Å². The first kappa shape index (κ1) is 16.4. The Morgan fingerprint density at radius 3 is 2.59 bits per heavy atom. The molecule has 0 aromatic rings. The first-order valence-electron chi connectivity index (χ1n) is 6.51. The summed E-state index contributed by atoms with van der Waals surface area (Å²) in [5.74, 6) is 0.0977. The molecule has 0 spiro atoms. The molecule has 1 unspecified atom stereocenters. The lowest BCUT2D eigenvalue weighted by Crippen LogP contribution is -2.33. The Morgan fingerprint density at radius 1 is 1.41 bits per heavy atom. The summed E-state index contributed by atoms with van der Waals surface area (Å²) in [7, 11) is 0. The maximum Gasteiger partial charge on any atom is 0.220 e. The third kappa shape index (κ3) is 9.12. The molecule has 0 bridgehead atoms. The largest absolute Gasteiger partial charge is 0.396 e. The lowest BCUT2D eigenvalue weighted by molar-refractivity contribution is -0.122. The molecule has 0 radical (unpaired) electrons. The lowest BCUT2D eigenvalue weighted by atomic mass is 9.84. The van der Waals surface area contributed by atoms with E-state index < -0.39 is 0 Å². The molecular weight excluding hydrogens is 216 g/mol. The summed E-state index contributed by atoms with van der Waals surface area (Å²) in [4.78, 5) is 11.7. The van der Waals surface area contributed by atoms with Gasteiger partial charge in [-0.15, -0.1) is 0 Å². The highest BCUT2D eigenvalue weighted by molar-refractivity contribution is 5.76. The average molecular weight is 244 g/mol. The quantitative estimate of drug-likeness (QED) is 0.574. The maximum absolute atomic E-state index is 11.7. The molecule has 0 fully saturated rings. The minimum absolute atomic E-state index is 0.0977. The number of aliphatic hydroxyl groups excluding tert-OH is 1. The third-order valence-electron chi connectivity index (χ3n) is 3.05. The zero-order valence-electron chi connectivity index (χ0n) is 11.5. The number of hydrogen-bond acceptors (Lipinski definition) is 3. The molecule has 0 aliphatic carbocycles. The number of carbonyl (C=O) groups is 1. The summed E-state index contributed by atoms with van der Waals surface area (Å²) in [5.41, 5.74) is 5.67. The summed E-state index contributed by atoms with van der Waals surface area (Å²) in [5, 5.41) is 11.6. The highest BCUT2D eigenvalue weighted by Crippen LogP contribution is 2.25. The minimum Gasteiger partial charge on any atom is -0.396 e. The third-order valence-corrected chi connectivity index (χ3v) is 3.05. The number of rotatable bonds is 9. The monoisotopic (exact) mass is 244 g/mol. The fourth-order valence-corrected chi connectivity index (χ4v) is 1.78. The molecule has 4 nitrogen and oxygen atoms in total. The minimum atomic E-state index is 0.0977. The van der Waals surface area contributed by atoms with Crippen molar-refractivity contribution in [2.45, 2.75) is 58.9 Å². The topological polar surface area (TPSA) is 75.3 Å². The van der Waals surface area contributed by atoms with E-state index in [-0.39, 0.29) is 24.0 Å². The number of nitrogens with one attached hydrogen (secondary N) is 1. The van der Waals surface area contributed by atoms with Crippen molar-refractivity contribution in [3.8, 4) is 0 Å².